The van der Waals surface area contributed by atoms with Crippen molar-refractivity contribution in [2.75, 3.05) is 12.4 Å². The van der Waals surface area contributed by atoms with E-state index in [2.05, 4.69) is 15.7 Å². The highest BCUT2D eigenvalue weighted by Crippen LogP contribution is 2.17. The van der Waals surface area contributed by atoms with Crippen molar-refractivity contribution in [1.82, 2.24) is 15.1 Å². The normalized spacial score (nSPS) is 10.3. The van der Waals surface area contributed by atoms with Crippen molar-refractivity contribution in [3.63, 3.8) is 0 Å². The average molecular weight is 314 g/mol. The van der Waals surface area contributed by atoms with Gasteiger partial charge in [-0.15, -0.1) is 0 Å². The van der Waals surface area contributed by atoms with Gasteiger partial charge in [-0.3, -0.25) is 14.3 Å². The molecule has 0 aliphatic carbocycles. The van der Waals surface area contributed by atoms with E-state index < -0.39 is 0 Å². The van der Waals surface area contributed by atoms with Crippen molar-refractivity contribution in [2.24, 2.45) is 7.05 Å². The lowest BCUT2D eigenvalue weighted by Gasteiger charge is -2.10. The maximum atomic E-state index is 12.1. The fourth-order valence-corrected chi connectivity index (χ4v) is 2.31. The molecule has 6 heteroatoms. The first-order chi connectivity index (χ1) is 11.1. The molecule has 0 spiro atoms. The van der Waals surface area contributed by atoms with Gasteiger partial charge >= 0.3 is 0 Å². The number of nitrogens with zero attached hydrogens (tertiary/aromatic N) is 2. The van der Waals surface area contributed by atoms with Crippen LogP contribution in [0.15, 0.2) is 36.7 Å². The number of aryl methyl sites for hydroxylation is 3. The number of amides is 2. The molecular formula is C17H22N4O2. The summed E-state index contributed by atoms with van der Waals surface area (Å²) in [6, 6.07) is 7.57. The molecule has 0 atom stereocenters. The summed E-state index contributed by atoms with van der Waals surface area (Å²) in [4.78, 5) is 23.5. The molecule has 1 aromatic carbocycles. The Morgan fingerprint density at radius 1 is 1.13 bits per heavy atom. The molecule has 6 nitrogen and oxygen atoms in total. The zero-order chi connectivity index (χ0) is 16.7. The van der Waals surface area contributed by atoms with Crippen LogP contribution in [0.5, 0.6) is 0 Å². The summed E-state index contributed by atoms with van der Waals surface area (Å²) in [7, 11) is 3.47. The molecule has 0 aliphatic rings. The molecule has 1 aromatic heterocycles. The van der Waals surface area contributed by atoms with Crippen LogP contribution < -0.4 is 10.6 Å². The van der Waals surface area contributed by atoms with Gasteiger partial charge in [0.15, 0.2) is 0 Å². The molecule has 0 unspecified atom stereocenters. The number of para-hydroxylation sites is 1. The number of aromatic nitrogens is 2. The second-order valence-corrected chi connectivity index (χ2v) is 5.40. The molecule has 2 aromatic rings. The number of nitrogens with one attached hydrogen (secondary N) is 2. The number of anilines is 1. The fraction of sp³-hybridized carbons (Fsp3) is 0.353. The van der Waals surface area contributed by atoms with Crippen LogP contribution in [-0.4, -0.2) is 28.6 Å². The van der Waals surface area contributed by atoms with E-state index in [9.17, 15) is 9.59 Å². The number of carbonyl (C=O) groups excluding carboxylic acids is 2. The predicted octanol–water partition coefficient (Wildman–Crippen LogP) is 1.67. The van der Waals surface area contributed by atoms with E-state index in [1.165, 1.54) is 0 Å². The summed E-state index contributed by atoms with van der Waals surface area (Å²) >= 11 is 0. The van der Waals surface area contributed by atoms with E-state index in [1.54, 1.807) is 17.9 Å². The largest absolute Gasteiger partial charge is 0.359 e. The van der Waals surface area contributed by atoms with Crippen molar-refractivity contribution in [3.05, 3.63) is 47.8 Å². The summed E-state index contributed by atoms with van der Waals surface area (Å²) in [5, 5.41) is 9.62. The molecular weight excluding hydrogens is 292 g/mol. The third kappa shape index (κ3) is 5.25. The first kappa shape index (κ1) is 16.7. The van der Waals surface area contributed by atoms with Crippen molar-refractivity contribution in [2.45, 2.75) is 25.7 Å². The Labute approximate surface area is 135 Å². The topological polar surface area (TPSA) is 76.0 Å². The second-order valence-electron chi connectivity index (χ2n) is 5.40. The summed E-state index contributed by atoms with van der Waals surface area (Å²) in [6.45, 7) is 0. The lowest BCUT2D eigenvalue weighted by molar-refractivity contribution is -0.120. The van der Waals surface area contributed by atoms with Crippen molar-refractivity contribution in [1.29, 1.82) is 0 Å². The van der Waals surface area contributed by atoms with E-state index in [0.717, 1.165) is 16.8 Å². The van der Waals surface area contributed by atoms with Gasteiger partial charge in [0.05, 0.1) is 6.20 Å². The van der Waals surface area contributed by atoms with Crippen LogP contribution in [0.4, 0.5) is 5.69 Å². The quantitative estimate of drug-likeness (QED) is 0.816. The summed E-state index contributed by atoms with van der Waals surface area (Å²) in [5.41, 5.74) is 2.77. The first-order valence-electron chi connectivity index (χ1n) is 7.64. The molecule has 0 aliphatic heterocycles. The van der Waals surface area contributed by atoms with E-state index in [-0.39, 0.29) is 11.8 Å². The van der Waals surface area contributed by atoms with Gasteiger partial charge < -0.3 is 10.6 Å². The lowest BCUT2D eigenvalue weighted by Crippen LogP contribution is -2.18. The number of carbonyl (C=O) groups is 2. The summed E-state index contributed by atoms with van der Waals surface area (Å²) in [5.74, 6) is -0.0519. The van der Waals surface area contributed by atoms with Crippen molar-refractivity contribution < 1.29 is 9.59 Å². The number of benzene rings is 1. The lowest BCUT2D eigenvalue weighted by atomic mass is 10.1. The zero-order valence-corrected chi connectivity index (χ0v) is 13.5. The van der Waals surface area contributed by atoms with Crippen LogP contribution in [0.3, 0.4) is 0 Å². The van der Waals surface area contributed by atoms with Gasteiger partial charge in [-0.2, -0.15) is 5.10 Å². The molecule has 0 radical (unpaired) electrons. The second kappa shape index (κ2) is 8.12. The maximum absolute atomic E-state index is 12.1. The van der Waals surface area contributed by atoms with Crippen LogP contribution >= 0.6 is 0 Å². The minimum absolute atomic E-state index is 0.0114. The highest BCUT2D eigenvalue weighted by molar-refractivity contribution is 5.91. The molecule has 2 N–H and O–H groups in total. The molecule has 0 saturated carbocycles. The van der Waals surface area contributed by atoms with Gasteiger partial charge in [0.1, 0.15) is 0 Å². The number of rotatable bonds is 7. The molecule has 2 amide bonds. The average Bonchev–Trinajstić information content (AvgIpc) is 2.97. The molecule has 0 fully saturated rings. The van der Waals surface area contributed by atoms with Gasteiger partial charge in [0.25, 0.3) is 0 Å². The minimum atomic E-state index is -0.0405. The molecule has 0 saturated heterocycles. The highest BCUT2D eigenvalue weighted by atomic mass is 16.2. The van der Waals surface area contributed by atoms with E-state index in [1.807, 2.05) is 37.5 Å². The zero-order valence-electron chi connectivity index (χ0n) is 13.5. The monoisotopic (exact) mass is 314 g/mol. The number of hydrogen-bond donors (Lipinski definition) is 2. The molecule has 0 bridgehead atoms. The maximum Gasteiger partial charge on any atom is 0.224 e. The van der Waals surface area contributed by atoms with Crippen LogP contribution in [0.25, 0.3) is 0 Å². The third-order valence-corrected chi connectivity index (χ3v) is 3.59. The third-order valence-electron chi connectivity index (χ3n) is 3.59. The van der Waals surface area contributed by atoms with E-state index >= 15 is 0 Å². The Hall–Kier alpha value is -2.63. The van der Waals surface area contributed by atoms with Crippen LogP contribution in [0, 0.1) is 0 Å². The predicted molar refractivity (Wildman–Crippen MR) is 89.0 cm³/mol. The fourth-order valence-electron chi connectivity index (χ4n) is 2.31. The Morgan fingerprint density at radius 2 is 1.87 bits per heavy atom. The summed E-state index contributed by atoms with van der Waals surface area (Å²) in [6.07, 6.45) is 5.72. The number of hydrogen-bond acceptors (Lipinski definition) is 3. The Bertz CT molecular complexity index is 679. The van der Waals surface area contributed by atoms with Gasteiger partial charge in [-0.1, -0.05) is 18.2 Å². The van der Waals surface area contributed by atoms with Gasteiger partial charge in [0.2, 0.25) is 11.8 Å². The van der Waals surface area contributed by atoms with Crippen LogP contribution in [0.1, 0.15) is 24.0 Å². The Balaban J connectivity index is 1.90. The Morgan fingerprint density at radius 3 is 2.57 bits per heavy atom. The molecule has 23 heavy (non-hydrogen) atoms. The summed E-state index contributed by atoms with van der Waals surface area (Å²) < 4.78 is 1.72. The van der Waals surface area contributed by atoms with Gasteiger partial charge in [-0.05, 0) is 30.0 Å². The van der Waals surface area contributed by atoms with Crippen LogP contribution in [-0.2, 0) is 29.5 Å². The SMILES string of the molecule is CNC(=O)CCc1ccccc1NC(=O)CCc1cnn(C)c1. The first-order valence-corrected chi connectivity index (χ1v) is 7.64. The standard InChI is InChI=1S/C17H22N4O2/c1-18-16(22)10-8-14-5-3-4-6-15(14)20-17(23)9-7-13-11-19-21(2)12-13/h3-6,11-12H,7-10H2,1-2H3,(H,18,22)(H,20,23). The van der Waals surface area contributed by atoms with Crippen molar-refractivity contribution >= 4 is 17.5 Å². The molecule has 2 rings (SSSR count). The van der Waals surface area contributed by atoms with Gasteiger partial charge in [-0.25, -0.2) is 0 Å². The van der Waals surface area contributed by atoms with Gasteiger partial charge in [0, 0.05) is 38.8 Å². The van der Waals surface area contributed by atoms with Crippen LogP contribution in [0.2, 0.25) is 0 Å². The van der Waals surface area contributed by atoms with Crippen molar-refractivity contribution in [3.8, 4) is 0 Å². The smallest absolute Gasteiger partial charge is 0.224 e. The highest BCUT2D eigenvalue weighted by Gasteiger charge is 2.09. The minimum Gasteiger partial charge on any atom is -0.359 e. The molecule has 1 heterocycles. The molecule has 122 valence electrons. The Kier molecular flexibility index (Phi) is 5.91. The van der Waals surface area contributed by atoms with E-state index in [0.29, 0.717) is 25.7 Å². The van der Waals surface area contributed by atoms with E-state index in [4.69, 9.17) is 0 Å².